The maximum atomic E-state index is 13.4. The fraction of sp³-hybridized carbons (Fsp3) is 0.267. The van der Waals surface area contributed by atoms with Gasteiger partial charge in [0.05, 0.1) is 6.20 Å². The number of imidazole rings is 1. The molecule has 0 aliphatic carbocycles. The van der Waals surface area contributed by atoms with Crippen molar-refractivity contribution in [3.05, 3.63) is 42.1 Å². The summed E-state index contributed by atoms with van der Waals surface area (Å²) in [5, 5.41) is 0. The summed E-state index contributed by atoms with van der Waals surface area (Å²) < 4.78 is 15.0. The van der Waals surface area contributed by atoms with E-state index >= 15 is 0 Å². The van der Waals surface area contributed by atoms with Crippen LogP contribution >= 0.6 is 0 Å². The fourth-order valence-electron chi connectivity index (χ4n) is 2.25. The second kappa shape index (κ2) is 5.12. The summed E-state index contributed by atoms with van der Waals surface area (Å²) in [6, 6.07) is 2.98. The molecule has 1 unspecified atom stereocenters. The van der Waals surface area contributed by atoms with E-state index in [-0.39, 0.29) is 5.82 Å². The lowest BCUT2D eigenvalue weighted by Gasteiger charge is -2.11. The molecule has 2 N–H and O–H groups in total. The van der Waals surface area contributed by atoms with Gasteiger partial charge in [0.25, 0.3) is 0 Å². The Morgan fingerprint density at radius 2 is 2.10 bits per heavy atom. The molecule has 0 amide bonds. The normalized spacial score (nSPS) is 12.7. The molecule has 0 radical (unpaired) electrons. The molecule has 108 valence electrons. The number of nitrogens with zero attached hydrogens (tertiary/aromatic N) is 4. The zero-order chi connectivity index (χ0) is 15.0. The van der Waals surface area contributed by atoms with Gasteiger partial charge in [0.1, 0.15) is 23.0 Å². The van der Waals surface area contributed by atoms with Gasteiger partial charge in [0.15, 0.2) is 5.82 Å². The summed E-state index contributed by atoms with van der Waals surface area (Å²) in [7, 11) is 0. The van der Waals surface area contributed by atoms with Crippen LogP contribution in [0.5, 0.6) is 0 Å². The summed E-state index contributed by atoms with van der Waals surface area (Å²) in [6.45, 7) is 4.17. The zero-order valence-electron chi connectivity index (χ0n) is 11.9. The molecule has 3 heterocycles. The van der Waals surface area contributed by atoms with Gasteiger partial charge in [0, 0.05) is 18.0 Å². The maximum Gasteiger partial charge on any atom is 0.180 e. The first-order valence-corrected chi connectivity index (χ1v) is 6.85. The van der Waals surface area contributed by atoms with Crippen molar-refractivity contribution in [2.75, 3.05) is 5.73 Å². The zero-order valence-corrected chi connectivity index (χ0v) is 11.9. The topological polar surface area (TPSA) is 69.1 Å². The molecule has 3 aromatic heterocycles. The lowest BCUT2D eigenvalue weighted by atomic mass is 10.0. The first kappa shape index (κ1) is 13.5. The number of rotatable bonds is 3. The van der Waals surface area contributed by atoms with Crippen LogP contribution in [0.1, 0.15) is 31.7 Å². The van der Waals surface area contributed by atoms with Crippen molar-refractivity contribution >= 4 is 11.5 Å². The van der Waals surface area contributed by atoms with E-state index in [1.807, 2.05) is 0 Å². The largest absolute Gasteiger partial charge is 0.383 e. The molecule has 0 saturated carbocycles. The molecule has 0 bridgehead atoms. The Bertz CT molecular complexity index is 796. The molecule has 6 heteroatoms. The predicted molar refractivity (Wildman–Crippen MR) is 79.3 cm³/mol. The Balaban J connectivity index is 2.11. The van der Waals surface area contributed by atoms with Crippen LogP contribution in [-0.2, 0) is 0 Å². The number of hydrogen-bond acceptors (Lipinski definition) is 4. The Morgan fingerprint density at radius 3 is 2.81 bits per heavy atom. The van der Waals surface area contributed by atoms with E-state index in [1.54, 1.807) is 22.9 Å². The average Bonchev–Trinajstić information content (AvgIpc) is 2.89. The number of hydrogen-bond donors (Lipinski definition) is 1. The summed E-state index contributed by atoms with van der Waals surface area (Å²) in [6.07, 6.45) is 5.69. The number of pyridine rings is 1. The van der Waals surface area contributed by atoms with E-state index in [2.05, 4.69) is 28.8 Å². The third kappa shape index (κ3) is 2.33. The number of fused-ring (bicyclic) bond motifs is 1. The van der Waals surface area contributed by atoms with E-state index in [4.69, 9.17) is 5.73 Å². The summed E-state index contributed by atoms with van der Waals surface area (Å²) in [5.41, 5.74) is 8.21. The van der Waals surface area contributed by atoms with Gasteiger partial charge in [-0.05, 0) is 24.5 Å². The van der Waals surface area contributed by atoms with Crippen molar-refractivity contribution in [2.45, 2.75) is 26.2 Å². The first-order chi connectivity index (χ1) is 10.1. The second-order valence-electron chi connectivity index (χ2n) is 5.06. The minimum atomic E-state index is -0.342. The number of nitrogen functional groups attached to an aromatic ring is 1. The standard InChI is InChI=1S/C15H16FN5/c1-3-9(2)11-6-19-15(20-14(11)17)12-7-18-13-5-4-10(16)8-21(12)13/h4-9H,3H2,1-2H3,(H2,17,19,20). The van der Waals surface area contributed by atoms with E-state index < -0.39 is 0 Å². The van der Waals surface area contributed by atoms with Crippen LogP contribution in [0.25, 0.3) is 17.2 Å². The molecule has 3 aromatic rings. The molecule has 0 fully saturated rings. The molecule has 0 spiro atoms. The summed E-state index contributed by atoms with van der Waals surface area (Å²) >= 11 is 0. The Labute approximate surface area is 121 Å². The molecule has 0 aliphatic rings. The highest BCUT2D eigenvalue weighted by atomic mass is 19.1. The van der Waals surface area contributed by atoms with Crippen LogP contribution in [0.4, 0.5) is 10.2 Å². The lowest BCUT2D eigenvalue weighted by Crippen LogP contribution is -2.05. The van der Waals surface area contributed by atoms with Gasteiger partial charge in [-0.25, -0.2) is 19.3 Å². The number of nitrogens with two attached hydrogens (primary N) is 1. The lowest BCUT2D eigenvalue weighted by molar-refractivity contribution is 0.619. The van der Waals surface area contributed by atoms with Gasteiger partial charge in [0.2, 0.25) is 0 Å². The van der Waals surface area contributed by atoms with Gasteiger partial charge in [-0.3, -0.25) is 4.40 Å². The minimum Gasteiger partial charge on any atom is -0.383 e. The van der Waals surface area contributed by atoms with Gasteiger partial charge < -0.3 is 5.73 Å². The SMILES string of the molecule is CCC(C)c1cnc(-c2cnc3ccc(F)cn23)nc1N. The molecule has 21 heavy (non-hydrogen) atoms. The van der Waals surface area contributed by atoms with Gasteiger partial charge in [-0.2, -0.15) is 0 Å². The highest BCUT2D eigenvalue weighted by Gasteiger charge is 2.14. The average molecular weight is 285 g/mol. The smallest absolute Gasteiger partial charge is 0.180 e. The van der Waals surface area contributed by atoms with Crippen LogP contribution in [-0.4, -0.2) is 19.4 Å². The van der Waals surface area contributed by atoms with E-state index in [1.165, 1.54) is 12.3 Å². The monoisotopic (exact) mass is 285 g/mol. The van der Waals surface area contributed by atoms with Crippen LogP contribution in [0.3, 0.4) is 0 Å². The molecule has 0 aromatic carbocycles. The van der Waals surface area contributed by atoms with Crippen molar-refractivity contribution < 1.29 is 4.39 Å². The predicted octanol–water partition coefficient (Wildman–Crippen LogP) is 3.03. The molecular formula is C15H16FN5. The highest BCUT2D eigenvalue weighted by Crippen LogP contribution is 2.25. The number of anilines is 1. The molecule has 5 nitrogen and oxygen atoms in total. The van der Waals surface area contributed by atoms with Crippen molar-refractivity contribution in [3.8, 4) is 11.5 Å². The van der Waals surface area contributed by atoms with Gasteiger partial charge in [-0.1, -0.05) is 13.8 Å². The second-order valence-corrected chi connectivity index (χ2v) is 5.06. The van der Waals surface area contributed by atoms with Crippen molar-refractivity contribution in [2.24, 2.45) is 0 Å². The van der Waals surface area contributed by atoms with Gasteiger partial charge in [-0.15, -0.1) is 0 Å². The van der Waals surface area contributed by atoms with Crippen LogP contribution in [0, 0.1) is 5.82 Å². The minimum absolute atomic E-state index is 0.304. The fourth-order valence-corrected chi connectivity index (χ4v) is 2.25. The Morgan fingerprint density at radius 1 is 1.29 bits per heavy atom. The van der Waals surface area contributed by atoms with Crippen LogP contribution < -0.4 is 5.73 Å². The van der Waals surface area contributed by atoms with E-state index in [0.717, 1.165) is 12.0 Å². The Kier molecular flexibility index (Phi) is 3.29. The van der Waals surface area contributed by atoms with E-state index in [9.17, 15) is 4.39 Å². The van der Waals surface area contributed by atoms with Crippen molar-refractivity contribution in [3.63, 3.8) is 0 Å². The third-order valence-electron chi connectivity index (χ3n) is 3.69. The molecule has 0 saturated heterocycles. The highest BCUT2D eigenvalue weighted by molar-refractivity contribution is 5.59. The van der Waals surface area contributed by atoms with Crippen molar-refractivity contribution in [1.82, 2.24) is 19.4 Å². The first-order valence-electron chi connectivity index (χ1n) is 6.85. The number of halogens is 1. The van der Waals surface area contributed by atoms with Gasteiger partial charge >= 0.3 is 0 Å². The molecule has 0 aliphatic heterocycles. The number of aromatic nitrogens is 4. The molecular weight excluding hydrogens is 269 g/mol. The van der Waals surface area contributed by atoms with Crippen LogP contribution in [0.2, 0.25) is 0 Å². The van der Waals surface area contributed by atoms with E-state index in [0.29, 0.717) is 28.9 Å². The molecule has 1 atom stereocenters. The summed E-state index contributed by atoms with van der Waals surface area (Å²) in [4.78, 5) is 12.9. The maximum absolute atomic E-state index is 13.4. The van der Waals surface area contributed by atoms with Crippen LogP contribution in [0.15, 0.2) is 30.7 Å². The quantitative estimate of drug-likeness (QED) is 0.803. The summed E-state index contributed by atoms with van der Waals surface area (Å²) in [5.74, 6) is 0.864. The molecule has 3 rings (SSSR count). The third-order valence-corrected chi connectivity index (χ3v) is 3.69. The van der Waals surface area contributed by atoms with Crippen molar-refractivity contribution in [1.29, 1.82) is 0 Å². The Hall–Kier alpha value is -2.50.